The molecule has 0 N–H and O–H groups in total. The maximum absolute atomic E-state index is 12.8. The van der Waals surface area contributed by atoms with Crippen molar-refractivity contribution < 1.29 is 9.18 Å². The van der Waals surface area contributed by atoms with Gasteiger partial charge in [-0.05, 0) is 6.42 Å². The number of aromatic nitrogens is 3. The molecule has 0 radical (unpaired) electrons. The molecule has 0 aromatic carbocycles. The Morgan fingerprint density at radius 3 is 3.07 bits per heavy atom. The molecule has 0 saturated heterocycles. The average Bonchev–Trinajstić information content (AvgIpc) is 2.54. The fourth-order valence-electron chi connectivity index (χ4n) is 1.36. The minimum absolute atomic E-state index is 0.352. The van der Waals surface area contributed by atoms with Gasteiger partial charge in [0.1, 0.15) is 5.69 Å². The van der Waals surface area contributed by atoms with E-state index in [9.17, 15) is 9.18 Å². The van der Waals surface area contributed by atoms with Gasteiger partial charge in [-0.15, -0.1) is 0 Å². The van der Waals surface area contributed by atoms with Gasteiger partial charge in [0.25, 0.3) is 0 Å². The first-order chi connectivity index (χ1) is 6.76. The van der Waals surface area contributed by atoms with Gasteiger partial charge < -0.3 is 0 Å². The second-order valence-electron chi connectivity index (χ2n) is 2.86. The topological polar surface area (TPSA) is 47.3 Å². The molecule has 0 aliphatic rings. The molecule has 2 rings (SSSR count). The first-order valence-electron chi connectivity index (χ1n) is 4.24. The number of fused-ring (bicyclic) bond motifs is 1. The molecule has 4 nitrogen and oxygen atoms in total. The lowest BCUT2D eigenvalue weighted by atomic mass is 10.3. The largest absolute Gasteiger partial charge is 0.296 e. The Hall–Kier alpha value is -1.78. The second kappa shape index (κ2) is 3.17. The summed E-state index contributed by atoms with van der Waals surface area (Å²) in [6, 6.07) is 0. The van der Waals surface area contributed by atoms with E-state index < -0.39 is 5.82 Å². The molecule has 0 spiro atoms. The molecule has 0 amide bonds. The number of carbonyl (C=O) groups is 1. The number of aldehydes is 1. The van der Waals surface area contributed by atoms with E-state index in [1.54, 1.807) is 0 Å². The Labute approximate surface area is 79.4 Å². The smallest absolute Gasteiger partial charge is 0.234 e. The van der Waals surface area contributed by atoms with Crippen molar-refractivity contribution in [2.45, 2.75) is 13.3 Å². The number of imidazole rings is 1. The van der Waals surface area contributed by atoms with Crippen LogP contribution in [0, 0.1) is 5.82 Å². The summed E-state index contributed by atoms with van der Waals surface area (Å²) in [5, 5.41) is 0. The van der Waals surface area contributed by atoms with E-state index in [0.29, 0.717) is 29.9 Å². The molecular weight excluding hydrogens is 185 g/mol. The molecule has 5 heteroatoms. The van der Waals surface area contributed by atoms with Crippen LogP contribution in [0.2, 0.25) is 0 Å². The summed E-state index contributed by atoms with van der Waals surface area (Å²) in [6.07, 6.45) is 3.58. The third-order valence-corrected chi connectivity index (χ3v) is 2.01. The number of halogens is 1. The zero-order valence-electron chi connectivity index (χ0n) is 7.57. The lowest BCUT2D eigenvalue weighted by Crippen LogP contribution is -1.95. The summed E-state index contributed by atoms with van der Waals surface area (Å²) in [7, 11) is 0. The van der Waals surface area contributed by atoms with Crippen LogP contribution in [0.5, 0.6) is 0 Å². The Morgan fingerprint density at radius 2 is 2.43 bits per heavy atom. The van der Waals surface area contributed by atoms with Crippen molar-refractivity contribution >= 4 is 12.1 Å². The summed E-state index contributed by atoms with van der Waals surface area (Å²) in [4.78, 5) is 18.6. The van der Waals surface area contributed by atoms with Crippen molar-refractivity contribution in [3.8, 4) is 0 Å². The van der Waals surface area contributed by atoms with Crippen LogP contribution in [0.1, 0.15) is 23.1 Å². The van der Waals surface area contributed by atoms with Crippen LogP contribution in [0.3, 0.4) is 0 Å². The Balaban J connectivity index is 2.81. The SMILES string of the molecule is CCc1nc2ncc(F)cn2c1C=O. The van der Waals surface area contributed by atoms with E-state index in [1.807, 2.05) is 6.92 Å². The predicted octanol–water partition coefficient (Wildman–Crippen LogP) is 1.24. The molecule has 0 atom stereocenters. The molecular formula is C9H8FN3O. The molecule has 14 heavy (non-hydrogen) atoms. The molecule has 2 aromatic rings. The average molecular weight is 193 g/mol. The molecule has 72 valence electrons. The van der Waals surface area contributed by atoms with E-state index in [-0.39, 0.29) is 0 Å². The fraction of sp³-hybridized carbons (Fsp3) is 0.222. The molecule has 2 heterocycles. The zero-order valence-corrected chi connectivity index (χ0v) is 7.57. The van der Waals surface area contributed by atoms with E-state index >= 15 is 0 Å². The monoisotopic (exact) mass is 193 g/mol. The maximum atomic E-state index is 12.8. The van der Waals surface area contributed by atoms with Gasteiger partial charge in [0.2, 0.25) is 5.78 Å². The van der Waals surface area contributed by atoms with Gasteiger partial charge >= 0.3 is 0 Å². The summed E-state index contributed by atoms with van der Waals surface area (Å²) in [5.74, 6) is -0.133. The number of aryl methyl sites for hydroxylation is 1. The van der Waals surface area contributed by atoms with Crippen LogP contribution in [-0.2, 0) is 6.42 Å². The minimum Gasteiger partial charge on any atom is -0.296 e. The van der Waals surface area contributed by atoms with E-state index in [0.717, 1.165) is 6.20 Å². The van der Waals surface area contributed by atoms with Gasteiger partial charge in [0, 0.05) is 0 Å². The van der Waals surface area contributed by atoms with Crippen LogP contribution in [-0.4, -0.2) is 20.7 Å². The molecule has 0 aliphatic heterocycles. The highest BCUT2D eigenvalue weighted by molar-refractivity contribution is 5.75. The van der Waals surface area contributed by atoms with Gasteiger partial charge in [0.15, 0.2) is 12.1 Å². The van der Waals surface area contributed by atoms with E-state index in [1.165, 1.54) is 10.6 Å². The van der Waals surface area contributed by atoms with Crippen molar-refractivity contribution in [2.24, 2.45) is 0 Å². The number of rotatable bonds is 2. The van der Waals surface area contributed by atoms with Gasteiger partial charge in [-0.1, -0.05) is 6.92 Å². The summed E-state index contributed by atoms with van der Waals surface area (Å²) < 4.78 is 14.2. The molecule has 2 aromatic heterocycles. The predicted molar refractivity (Wildman–Crippen MR) is 47.7 cm³/mol. The second-order valence-corrected chi connectivity index (χ2v) is 2.86. The molecule has 0 saturated carbocycles. The fourth-order valence-corrected chi connectivity index (χ4v) is 1.36. The first-order valence-corrected chi connectivity index (χ1v) is 4.24. The normalized spacial score (nSPS) is 10.7. The Kier molecular flexibility index (Phi) is 1.99. The van der Waals surface area contributed by atoms with Crippen molar-refractivity contribution in [1.29, 1.82) is 0 Å². The van der Waals surface area contributed by atoms with Crippen LogP contribution < -0.4 is 0 Å². The highest BCUT2D eigenvalue weighted by atomic mass is 19.1. The van der Waals surface area contributed by atoms with Crippen molar-refractivity contribution in [1.82, 2.24) is 14.4 Å². The number of nitrogens with zero attached hydrogens (tertiary/aromatic N) is 3. The maximum Gasteiger partial charge on any atom is 0.234 e. The summed E-state index contributed by atoms with van der Waals surface area (Å²) in [5.41, 5.74) is 1.01. The third-order valence-electron chi connectivity index (χ3n) is 2.01. The van der Waals surface area contributed by atoms with Crippen LogP contribution in [0.15, 0.2) is 12.4 Å². The Bertz CT molecular complexity index is 492. The van der Waals surface area contributed by atoms with Crippen molar-refractivity contribution in [3.05, 3.63) is 29.6 Å². The lowest BCUT2D eigenvalue weighted by molar-refractivity contribution is 0.111. The number of hydrogen-bond acceptors (Lipinski definition) is 3. The van der Waals surface area contributed by atoms with Crippen molar-refractivity contribution in [2.75, 3.05) is 0 Å². The third kappa shape index (κ3) is 1.17. The standard InChI is InChI=1S/C9H8FN3O/c1-2-7-8(5-14)13-4-6(10)3-11-9(13)12-7/h3-5H,2H2,1H3. The molecule has 0 fully saturated rings. The summed E-state index contributed by atoms with van der Waals surface area (Å²) >= 11 is 0. The quantitative estimate of drug-likeness (QED) is 0.674. The first kappa shape index (κ1) is 8.80. The van der Waals surface area contributed by atoms with E-state index in [2.05, 4.69) is 9.97 Å². The van der Waals surface area contributed by atoms with Gasteiger partial charge in [-0.2, -0.15) is 0 Å². The molecule has 0 unspecified atom stereocenters. The number of carbonyl (C=O) groups excluding carboxylic acids is 1. The van der Waals surface area contributed by atoms with Crippen LogP contribution >= 0.6 is 0 Å². The van der Waals surface area contributed by atoms with Gasteiger partial charge in [0.05, 0.1) is 18.1 Å². The summed E-state index contributed by atoms with van der Waals surface area (Å²) in [6.45, 7) is 1.88. The number of hydrogen-bond donors (Lipinski definition) is 0. The zero-order chi connectivity index (χ0) is 10.1. The molecule has 0 aliphatic carbocycles. The van der Waals surface area contributed by atoms with Crippen LogP contribution in [0.25, 0.3) is 5.78 Å². The van der Waals surface area contributed by atoms with E-state index in [4.69, 9.17) is 0 Å². The van der Waals surface area contributed by atoms with Gasteiger partial charge in [-0.3, -0.25) is 9.20 Å². The lowest BCUT2D eigenvalue weighted by Gasteiger charge is -1.94. The minimum atomic E-state index is -0.486. The highest BCUT2D eigenvalue weighted by Gasteiger charge is 2.10. The highest BCUT2D eigenvalue weighted by Crippen LogP contribution is 2.10. The van der Waals surface area contributed by atoms with Crippen molar-refractivity contribution in [3.63, 3.8) is 0 Å². The Morgan fingerprint density at radius 1 is 1.64 bits per heavy atom. The van der Waals surface area contributed by atoms with Gasteiger partial charge in [-0.25, -0.2) is 14.4 Å². The molecule has 0 bridgehead atoms. The van der Waals surface area contributed by atoms with Crippen LogP contribution in [0.4, 0.5) is 4.39 Å².